The highest BCUT2D eigenvalue weighted by Crippen LogP contribution is 2.39. The SMILES string of the molecule is CCONC(=O)c1cn2c(n1)CCC(c1cc(C(F)(F)F)cc(C(F)(F)F)c1)C2. The molecule has 2 aromatic rings. The number of nitrogens with zero attached hydrogens (tertiary/aromatic N) is 2. The van der Waals surface area contributed by atoms with E-state index < -0.39 is 35.3 Å². The number of imidazole rings is 1. The Balaban J connectivity index is 1.90. The molecule has 0 aliphatic carbocycles. The molecule has 1 aromatic carbocycles. The van der Waals surface area contributed by atoms with Crippen molar-refractivity contribution in [2.75, 3.05) is 6.61 Å². The highest BCUT2D eigenvalue weighted by atomic mass is 19.4. The fourth-order valence-electron chi connectivity index (χ4n) is 3.23. The van der Waals surface area contributed by atoms with Crippen LogP contribution >= 0.6 is 0 Å². The number of aromatic nitrogens is 2. The number of rotatable bonds is 4. The molecule has 1 aliphatic heterocycles. The molecule has 1 amide bonds. The van der Waals surface area contributed by atoms with Crippen molar-refractivity contribution in [1.29, 1.82) is 0 Å². The fraction of sp³-hybridized carbons (Fsp3) is 0.444. The predicted octanol–water partition coefficient (Wildman–Crippen LogP) is 4.33. The third-order valence-corrected chi connectivity index (χ3v) is 4.62. The van der Waals surface area contributed by atoms with Gasteiger partial charge in [-0.15, -0.1) is 0 Å². The minimum Gasteiger partial charge on any atom is -0.333 e. The molecule has 0 saturated carbocycles. The number of nitrogens with one attached hydrogen (secondary N) is 1. The maximum Gasteiger partial charge on any atom is 0.416 e. The molecule has 1 aliphatic rings. The standard InChI is InChI=1S/C18H17F6N3O2/c1-2-29-26-16(28)14-9-27-8-10(3-4-15(27)25-14)11-5-12(17(19,20)21)7-13(6-11)18(22,23)24/h5-7,9-10H,2-4,8H2,1H3,(H,26,28). The smallest absolute Gasteiger partial charge is 0.333 e. The first-order valence-corrected chi connectivity index (χ1v) is 8.76. The second kappa shape index (κ2) is 7.69. The van der Waals surface area contributed by atoms with Gasteiger partial charge < -0.3 is 4.57 Å². The third-order valence-electron chi connectivity index (χ3n) is 4.62. The van der Waals surface area contributed by atoms with Crippen LogP contribution in [0.25, 0.3) is 0 Å². The Morgan fingerprint density at radius 2 is 1.79 bits per heavy atom. The first-order chi connectivity index (χ1) is 13.5. The minimum atomic E-state index is -4.89. The zero-order valence-corrected chi connectivity index (χ0v) is 15.2. The average Bonchev–Trinajstić information content (AvgIpc) is 3.07. The number of hydroxylamine groups is 1. The second-order valence-electron chi connectivity index (χ2n) is 6.63. The van der Waals surface area contributed by atoms with Crippen LogP contribution < -0.4 is 5.48 Å². The van der Waals surface area contributed by atoms with E-state index in [2.05, 4.69) is 10.5 Å². The molecule has 0 fully saturated rings. The number of carbonyl (C=O) groups excluding carboxylic acids is 1. The van der Waals surface area contributed by atoms with E-state index in [-0.39, 0.29) is 30.5 Å². The Morgan fingerprint density at radius 3 is 2.34 bits per heavy atom. The van der Waals surface area contributed by atoms with Crippen LogP contribution in [-0.2, 0) is 30.2 Å². The highest BCUT2D eigenvalue weighted by Gasteiger charge is 2.38. The molecule has 11 heteroatoms. The number of amides is 1. The molecule has 3 rings (SSSR count). The Hall–Kier alpha value is -2.56. The van der Waals surface area contributed by atoms with Crippen LogP contribution in [0.15, 0.2) is 24.4 Å². The largest absolute Gasteiger partial charge is 0.416 e. The van der Waals surface area contributed by atoms with Crippen LogP contribution in [0.1, 0.15) is 52.3 Å². The number of carbonyl (C=O) groups is 1. The summed E-state index contributed by atoms with van der Waals surface area (Å²) in [6.45, 7) is 2.04. The van der Waals surface area contributed by atoms with E-state index in [1.54, 1.807) is 11.5 Å². The summed E-state index contributed by atoms with van der Waals surface area (Å²) in [6, 6.07) is 1.63. The van der Waals surface area contributed by atoms with Crippen molar-refractivity contribution in [3.8, 4) is 0 Å². The Labute approximate surface area is 161 Å². The van der Waals surface area contributed by atoms with Gasteiger partial charge in [0.15, 0.2) is 0 Å². The summed E-state index contributed by atoms with van der Waals surface area (Å²) in [5.41, 5.74) is -0.476. The van der Waals surface area contributed by atoms with E-state index in [1.165, 1.54) is 6.20 Å². The van der Waals surface area contributed by atoms with Gasteiger partial charge in [-0.3, -0.25) is 9.63 Å². The second-order valence-corrected chi connectivity index (χ2v) is 6.63. The highest BCUT2D eigenvalue weighted by molar-refractivity contribution is 5.91. The van der Waals surface area contributed by atoms with E-state index in [0.717, 1.165) is 12.1 Å². The number of benzene rings is 1. The molecule has 5 nitrogen and oxygen atoms in total. The van der Waals surface area contributed by atoms with Crippen LogP contribution in [0, 0.1) is 0 Å². The molecule has 29 heavy (non-hydrogen) atoms. The van der Waals surface area contributed by atoms with E-state index in [4.69, 9.17) is 4.84 Å². The van der Waals surface area contributed by atoms with Crippen LogP contribution in [0.4, 0.5) is 26.3 Å². The van der Waals surface area contributed by atoms with Crippen molar-refractivity contribution in [2.45, 2.75) is 44.6 Å². The van der Waals surface area contributed by atoms with Crippen molar-refractivity contribution >= 4 is 5.91 Å². The Kier molecular flexibility index (Phi) is 5.61. The van der Waals surface area contributed by atoms with Crippen molar-refractivity contribution in [1.82, 2.24) is 15.0 Å². The van der Waals surface area contributed by atoms with Gasteiger partial charge in [-0.25, -0.2) is 10.5 Å². The molecule has 0 bridgehead atoms. The maximum atomic E-state index is 13.1. The summed E-state index contributed by atoms with van der Waals surface area (Å²) in [5, 5.41) is 0. The lowest BCUT2D eigenvalue weighted by molar-refractivity contribution is -0.143. The van der Waals surface area contributed by atoms with Crippen molar-refractivity contribution in [3.63, 3.8) is 0 Å². The van der Waals surface area contributed by atoms with Gasteiger partial charge in [0, 0.05) is 25.1 Å². The van der Waals surface area contributed by atoms with Crippen molar-refractivity contribution in [3.05, 3.63) is 52.6 Å². The number of alkyl halides is 6. The lowest BCUT2D eigenvalue weighted by atomic mass is 9.89. The van der Waals surface area contributed by atoms with Gasteiger partial charge in [-0.05, 0) is 37.1 Å². The monoisotopic (exact) mass is 421 g/mol. The molecule has 0 spiro atoms. The summed E-state index contributed by atoms with van der Waals surface area (Å²) in [7, 11) is 0. The van der Waals surface area contributed by atoms with Gasteiger partial charge >= 0.3 is 12.4 Å². The topological polar surface area (TPSA) is 56.1 Å². The van der Waals surface area contributed by atoms with Crippen molar-refractivity contribution < 1.29 is 36.0 Å². The summed E-state index contributed by atoms with van der Waals surface area (Å²) < 4.78 is 80.2. The number of hydrogen-bond donors (Lipinski definition) is 1. The van der Waals surface area contributed by atoms with Crippen LogP contribution in [-0.4, -0.2) is 22.1 Å². The summed E-state index contributed by atoms with van der Waals surface area (Å²) >= 11 is 0. The first-order valence-electron chi connectivity index (χ1n) is 8.76. The zero-order chi connectivity index (χ0) is 21.4. The third kappa shape index (κ3) is 4.72. The van der Waals surface area contributed by atoms with Gasteiger partial charge in [0.25, 0.3) is 5.91 Å². The molecule has 158 valence electrons. The van der Waals surface area contributed by atoms with E-state index in [0.29, 0.717) is 18.7 Å². The summed E-state index contributed by atoms with van der Waals surface area (Å²) in [5.74, 6) is -0.627. The van der Waals surface area contributed by atoms with E-state index in [1.807, 2.05) is 0 Å². The maximum absolute atomic E-state index is 13.1. The molecule has 0 radical (unpaired) electrons. The fourth-order valence-corrected chi connectivity index (χ4v) is 3.23. The molecule has 1 aromatic heterocycles. The zero-order valence-electron chi connectivity index (χ0n) is 15.2. The number of hydrogen-bond acceptors (Lipinski definition) is 3. The van der Waals surface area contributed by atoms with Crippen molar-refractivity contribution in [2.24, 2.45) is 0 Å². The lowest BCUT2D eigenvalue weighted by Gasteiger charge is -2.25. The van der Waals surface area contributed by atoms with Crippen LogP contribution in [0.2, 0.25) is 0 Å². The van der Waals surface area contributed by atoms with Gasteiger partial charge in [-0.1, -0.05) is 0 Å². The number of aryl methyl sites for hydroxylation is 1. The molecule has 1 N–H and O–H groups in total. The molecule has 0 saturated heterocycles. The quantitative estimate of drug-likeness (QED) is 0.591. The van der Waals surface area contributed by atoms with Gasteiger partial charge in [0.1, 0.15) is 11.5 Å². The average molecular weight is 421 g/mol. The van der Waals surface area contributed by atoms with E-state index >= 15 is 0 Å². The Bertz CT molecular complexity index is 872. The van der Waals surface area contributed by atoms with Crippen LogP contribution in [0.5, 0.6) is 0 Å². The first kappa shape index (κ1) is 21.2. The minimum absolute atomic E-state index is 0.0492. The normalized spacial score (nSPS) is 17.1. The van der Waals surface area contributed by atoms with Gasteiger partial charge in [0.05, 0.1) is 17.7 Å². The number of halogens is 6. The molecule has 1 unspecified atom stereocenters. The predicted molar refractivity (Wildman–Crippen MR) is 88.8 cm³/mol. The van der Waals surface area contributed by atoms with Gasteiger partial charge in [0.2, 0.25) is 0 Å². The summed E-state index contributed by atoms with van der Waals surface area (Å²) in [6.07, 6.45) is -7.76. The number of fused-ring (bicyclic) bond motifs is 1. The molecule has 2 heterocycles. The molecular formula is C18H17F6N3O2. The van der Waals surface area contributed by atoms with E-state index in [9.17, 15) is 31.1 Å². The Morgan fingerprint density at radius 1 is 1.17 bits per heavy atom. The molecular weight excluding hydrogens is 404 g/mol. The lowest BCUT2D eigenvalue weighted by Crippen LogP contribution is -2.23. The molecule has 1 atom stereocenters. The summed E-state index contributed by atoms with van der Waals surface area (Å²) in [4.78, 5) is 20.9. The van der Waals surface area contributed by atoms with Gasteiger partial charge in [-0.2, -0.15) is 26.3 Å². The van der Waals surface area contributed by atoms with Crippen LogP contribution in [0.3, 0.4) is 0 Å².